The van der Waals surface area contributed by atoms with Gasteiger partial charge in [-0.1, -0.05) is 77.1 Å². The monoisotopic (exact) mass is 336 g/mol. The Bertz CT molecular complexity index is 661. The first-order valence-corrected chi connectivity index (χ1v) is 10.3. The van der Waals surface area contributed by atoms with E-state index in [1.54, 1.807) is 11.1 Å². The highest BCUT2D eigenvalue weighted by molar-refractivity contribution is 5.37. The maximum atomic E-state index is 2.47. The summed E-state index contributed by atoms with van der Waals surface area (Å²) in [5, 5.41) is 0. The van der Waals surface area contributed by atoms with E-state index in [1.807, 2.05) is 0 Å². The Hall–Kier alpha value is -1.56. The van der Waals surface area contributed by atoms with Crippen molar-refractivity contribution in [3.05, 3.63) is 70.3 Å². The molecule has 0 atom stereocenters. The normalized spacial score (nSPS) is 11.7. The summed E-state index contributed by atoms with van der Waals surface area (Å²) in [5.41, 5.74) is 7.88. The summed E-state index contributed by atoms with van der Waals surface area (Å²) in [7, 11) is 0. The summed E-state index contributed by atoms with van der Waals surface area (Å²) in [4.78, 5) is 0. The van der Waals surface area contributed by atoms with Crippen LogP contribution in [0.25, 0.3) is 0 Å². The third kappa shape index (κ3) is 4.97. The molecular weight excluding hydrogens is 300 g/mol. The van der Waals surface area contributed by atoms with Gasteiger partial charge in [0.2, 0.25) is 0 Å². The van der Waals surface area contributed by atoms with Crippen LogP contribution in [0.5, 0.6) is 0 Å². The molecule has 0 fully saturated rings. The minimum atomic E-state index is 0.324. The van der Waals surface area contributed by atoms with Crippen LogP contribution in [-0.2, 0) is 31.1 Å². The zero-order valence-corrected chi connectivity index (χ0v) is 17.0. The Morgan fingerprint density at radius 3 is 1.96 bits per heavy atom. The second kappa shape index (κ2) is 9.22. The van der Waals surface area contributed by atoms with Crippen LogP contribution >= 0.6 is 0 Å². The molecule has 136 valence electrons. The van der Waals surface area contributed by atoms with Crippen molar-refractivity contribution < 1.29 is 0 Å². The van der Waals surface area contributed by atoms with Crippen LogP contribution in [0.1, 0.15) is 81.7 Å². The minimum absolute atomic E-state index is 0.324. The Morgan fingerprint density at radius 2 is 1.36 bits per heavy atom. The first-order chi connectivity index (χ1) is 12.1. The fraction of sp³-hybridized carbons (Fsp3) is 0.520. The molecule has 2 aromatic carbocycles. The van der Waals surface area contributed by atoms with Gasteiger partial charge in [-0.25, -0.2) is 0 Å². The summed E-state index contributed by atoms with van der Waals surface area (Å²) < 4.78 is 0. The van der Waals surface area contributed by atoms with Gasteiger partial charge in [-0.15, -0.1) is 0 Å². The zero-order valence-electron chi connectivity index (χ0n) is 17.0. The van der Waals surface area contributed by atoms with E-state index in [-0.39, 0.29) is 0 Å². The van der Waals surface area contributed by atoms with Gasteiger partial charge in [0.1, 0.15) is 0 Å². The van der Waals surface area contributed by atoms with Crippen molar-refractivity contribution in [3.8, 4) is 0 Å². The molecule has 0 saturated carbocycles. The van der Waals surface area contributed by atoms with E-state index < -0.39 is 0 Å². The number of aryl methyl sites for hydroxylation is 4. The number of hydrogen-bond donors (Lipinski definition) is 0. The van der Waals surface area contributed by atoms with Gasteiger partial charge in [-0.3, -0.25) is 0 Å². The Kier molecular flexibility index (Phi) is 7.29. The van der Waals surface area contributed by atoms with Crippen molar-refractivity contribution >= 4 is 0 Å². The Balaban J connectivity index is 2.05. The molecule has 0 aliphatic heterocycles. The van der Waals surface area contributed by atoms with Crippen molar-refractivity contribution in [2.45, 2.75) is 85.0 Å². The fourth-order valence-corrected chi connectivity index (χ4v) is 3.82. The maximum Gasteiger partial charge on any atom is -0.00778 e. The van der Waals surface area contributed by atoms with Gasteiger partial charge in [0.05, 0.1) is 0 Å². The molecule has 2 rings (SSSR count). The van der Waals surface area contributed by atoms with E-state index in [1.165, 1.54) is 48.8 Å². The Labute approximate surface area is 155 Å². The molecule has 0 unspecified atom stereocenters. The van der Waals surface area contributed by atoms with Crippen LogP contribution in [0, 0.1) is 0 Å². The van der Waals surface area contributed by atoms with E-state index in [2.05, 4.69) is 77.1 Å². The fourth-order valence-electron chi connectivity index (χ4n) is 3.82. The van der Waals surface area contributed by atoms with Gasteiger partial charge in [0.15, 0.2) is 0 Å². The van der Waals surface area contributed by atoms with Crippen molar-refractivity contribution in [1.29, 1.82) is 0 Å². The molecule has 0 bridgehead atoms. The smallest absolute Gasteiger partial charge is 0.00778 e. The molecule has 0 aliphatic rings. The van der Waals surface area contributed by atoms with Gasteiger partial charge in [-0.2, -0.15) is 0 Å². The van der Waals surface area contributed by atoms with Crippen LogP contribution in [0.3, 0.4) is 0 Å². The van der Waals surface area contributed by atoms with Crippen LogP contribution < -0.4 is 0 Å². The maximum absolute atomic E-state index is 2.47. The second-order valence-corrected chi connectivity index (χ2v) is 7.64. The standard InChI is InChI=1S/C25H36/c1-6-20-12-10-13-21(18-20)14-11-15-22-16-17-24(23(7-2)19-22)25(5,8-3)9-4/h10,12-13,16-19H,6-9,11,14-15H2,1-5H3. The molecule has 0 aromatic heterocycles. The highest BCUT2D eigenvalue weighted by atomic mass is 14.3. The highest BCUT2D eigenvalue weighted by Gasteiger charge is 2.24. The molecular formula is C25H36. The summed E-state index contributed by atoms with van der Waals surface area (Å²) in [6, 6.07) is 16.3. The summed E-state index contributed by atoms with van der Waals surface area (Å²) in [6.45, 7) is 11.6. The second-order valence-electron chi connectivity index (χ2n) is 7.64. The molecule has 0 aliphatic carbocycles. The van der Waals surface area contributed by atoms with E-state index in [9.17, 15) is 0 Å². The minimum Gasteiger partial charge on any atom is -0.0645 e. The Morgan fingerprint density at radius 1 is 0.720 bits per heavy atom. The SMILES string of the molecule is CCc1cccc(CCCc2ccc(C(C)(CC)CC)c(CC)c2)c1. The molecule has 25 heavy (non-hydrogen) atoms. The summed E-state index contributed by atoms with van der Waals surface area (Å²) in [6.07, 6.45) is 8.28. The van der Waals surface area contributed by atoms with E-state index in [0.29, 0.717) is 5.41 Å². The van der Waals surface area contributed by atoms with Gasteiger partial charge >= 0.3 is 0 Å². The highest BCUT2D eigenvalue weighted by Crippen LogP contribution is 2.34. The zero-order chi connectivity index (χ0) is 18.3. The lowest BCUT2D eigenvalue weighted by Crippen LogP contribution is -2.21. The first-order valence-electron chi connectivity index (χ1n) is 10.3. The summed E-state index contributed by atoms with van der Waals surface area (Å²) >= 11 is 0. The number of benzene rings is 2. The van der Waals surface area contributed by atoms with E-state index >= 15 is 0 Å². The molecule has 0 amide bonds. The van der Waals surface area contributed by atoms with Crippen molar-refractivity contribution in [3.63, 3.8) is 0 Å². The van der Waals surface area contributed by atoms with Gasteiger partial charge < -0.3 is 0 Å². The largest absolute Gasteiger partial charge is 0.0645 e. The first kappa shape index (κ1) is 19.8. The van der Waals surface area contributed by atoms with E-state index in [4.69, 9.17) is 0 Å². The van der Waals surface area contributed by atoms with Crippen molar-refractivity contribution in [1.82, 2.24) is 0 Å². The van der Waals surface area contributed by atoms with Gasteiger partial charge in [0.25, 0.3) is 0 Å². The molecule has 0 N–H and O–H groups in total. The molecule has 0 radical (unpaired) electrons. The molecule has 0 spiro atoms. The average Bonchev–Trinajstić information content (AvgIpc) is 2.67. The average molecular weight is 337 g/mol. The van der Waals surface area contributed by atoms with Crippen molar-refractivity contribution in [2.24, 2.45) is 0 Å². The molecule has 0 saturated heterocycles. The number of rotatable bonds is 9. The van der Waals surface area contributed by atoms with Crippen molar-refractivity contribution in [2.75, 3.05) is 0 Å². The lowest BCUT2D eigenvalue weighted by molar-refractivity contribution is 0.435. The third-order valence-electron chi connectivity index (χ3n) is 6.09. The predicted octanol–water partition coefficient (Wildman–Crippen LogP) is 7.06. The quantitative estimate of drug-likeness (QED) is 0.459. The predicted molar refractivity (Wildman–Crippen MR) is 112 cm³/mol. The molecule has 0 heteroatoms. The van der Waals surface area contributed by atoms with Crippen LogP contribution in [-0.4, -0.2) is 0 Å². The lowest BCUT2D eigenvalue weighted by atomic mass is 9.75. The summed E-state index contributed by atoms with van der Waals surface area (Å²) in [5.74, 6) is 0. The van der Waals surface area contributed by atoms with Crippen LogP contribution in [0.2, 0.25) is 0 Å². The van der Waals surface area contributed by atoms with Crippen LogP contribution in [0.4, 0.5) is 0 Å². The van der Waals surface area contributed by atoms with Crippen LogP contribution in [0.15, 0.2) is 42.5 Å². The molecule has 0 nitrogen and oxygen atoms in total. The third-order valence-corrected chi connectivity index (χ3v) is 6.09. The number of hydrogen-bond acceptors (Lipinski definition) is 0. The lowest BCUT2D eigenvalue weighted by Gasteiger charge is -2.30. The van der Waals surface area contributed by atoms with Gasteiger partial charge in [0, 0.05) is 0 Å². The van der Waals surface area contributed by atoms with Gasteiger partial charge in [-0.05, 0) is 78.2 Å². The molecule has 2 aromatic rings. The van der Waals surface area contributed by atoms with E-state index in [0.717, 1.165) is 12.8 Å². The topological polar surface area (TPSA) is 0 Å². The molecule has 0 heterocycles.